The van der Waals surface area contributed by atoms with Gasteiger partial charge in [-0.15, -0.1) is 0 Å². The third-order valence-electron chi connectivity index (χ3n) is 5.42. The van der Waals surface area contributed by atoms with Crippen molar-refractivity contribution >= 4 is 17.6 Å². The van der Waals surface area contributed by atoms with Crippen LogP contribution >= 0.6 is 0 Å². The number of carbonyl (C=O) groups excluding carboxylic acids is 2. The van der Waals surface area contributed by atoms with E-state index in [2.05, 4.69) is 10.6 Å². The van der Waals surface area contributed by atoms with Gasteiger partial charge in [0, 0.05) is 25.3 Å². The molecular formula is C20H29N3O2. The Balaban J connectivity index is 1.43. The summed E-state index contributed by atoms with van der Waals surface area (Å²) < 4.78 is 0. The monoisotopic (exact) mass is 343 g/mol. The number of hydrogen-bond acceptors (Lipinski definition) is 2. The number of hydrogen-bond donors (Lipinski definition) is 2. The van der Waals surface area contributed by atoms with Crippen LogP contribution in [0.3, 0.4) is 0 Å². The smallest absolute Gasteiger partial charge is 0.317 e. The molecule has 1 atom stereocenters. The Morgan fingerprint density at radius 1 is 1.04 bits per heavy atom. The zero-order valence-electron chi connectivity index (χ0n) is 14.9. The zero-order chi connectivity index (χ0) is 17.5. The van der Waals surface area contributed by atoms with E-state index in [0.29, 0.717) is 6.54 Å². The first-order valence-electron chi connectivity index (χ1n) is 9.61. The van der Waals surface area contributed by atoms with Crippen molar-refractivity contribution in [3.63, 3.8) is 0 Å². The van der Waals surface area contributed by atoms with Crippen molar-refractivity contribution in [2.75, 3.05) is 25.0 Å². The number of anilines is 1. The molecule has 1 saturated carbocycles. The molecule has 5 nitrogen and oxygen atoms in total. The molecule has 1 saturated heterocycles. The van der Waals surface area contributed by atoms with E-state index in [-0.39, 0.29) is 17.9 Å². The van der Waals surface area contributed by atoms with Crippen LogP contribution in [0.5, 0.6) is 0 Å². The predicted molar refractivity (Wildman–Crippen MR) is 99.3 cm³/mol. The Bertz CT molecular complexity index is 570. The molecule has 0 radical (unpaired) electrons. The fourth-order valence-electron chi connectivity index (χ4n) is 3.94. The summed E-state index contributed by atoms with van der Waals surface area (Å²) in [6.07, 6.45) is 8.08. The van der Waals surface area contributed by atoms with E-state index in [1.807, 2.05) is 30.3 Å². The first kappa shape index (κ1) is 17.8. The number of carbonyl (C=O) groups is 2. The molecule has 0 aromatic heterocycles. The summed E-state index contributed by atoms with van der Waals surface area (Å²) in [7, 11) is 0. The van der Waals surface area contributed by atoms with Crippen molar-refractivity contribution in [1.29, 1.82) is 0 Å². The third kappa shape index (κ3) is 5.21. The van der Waals surface area contributed by atoms with E-state index < -0.39 is 0 Å². The second kappa shape index (κ2) is 8.88. The lowest BCUT2D eigenvalue weighted by molar-refractivity contribution is -0.121. The van der Waals surface area contributed by atoms with Crippen LogP contribution in [0.1, 0.15) is 44.9 Å². The van der Waals surface area contributed by atoms with E-state index in [1.165, 1.54) is 25.7 Å². The molecular weight excluding hydrogens is 314 g/mol. The van der Waals surface area contributed by atoms with Crippen LogP contribution in [0.4, 0.5) is 10.5 Å². The molecule has 0 spiro atoms. The average Bonchev–Trinajstić information content (AvgIpc) is 3.16. The van der Waals surface area contributed by atoms with E-state index >= 15 is 0 Å². The average molecular weight is 343 g/mol. The van der Waals surface area contributed by atoms with Crippen molar-refractivity contribution in [1.82, 2.24) is 10.2 Å². The van der Waals surface area contributed by atoms with E-state index in [0.717, 1.165) is 44.0 Å². The number of amides is 3. The molecule has 2 aliphatic rings. The highest BCUT2D eigenvalue weighted by Crippen LogP contribution is 2.27. The van der Waals surface area contributed by atoms with Gasteiger partial charge in [-0.3, -0.25) is 4.79 Å². The van der Waals surface area contributed by atoms with Crippen molar-refractivity contribution < 1.29 is 9.59 Å². The number of benzene rings is 1. The van der Waals surface area contributed by atoms with Crippen LogP contribution in [0.25, 0.3) is 0 Å². The lowest BCUT2D eigenvalue weighted by atomic mass is 9.97. The van der Waals surface area contributed by atoms with Gasteiger partial charge in [0.05, 0.1) is 5.92 Å². The largest absolute Gasteiger partial charge is 0.338 e. The van der Waals surface area contributed by atoms with Crippen LogP contribution in [-0.2, 0) is 4.79 Å². The minimum absolute atomic E-state index is 0.00894. The van der Waals surface area contributed by atoms with Crippen LogP contribution in [0, 0.1) is 11.8 Å². The standard InChI is InChI=1S/C20H29N3O2/c24-19(22-18-10-2-1-3-11-18)17-9-6-14-23(15-17)20(25)21-13-12-16-7-4-5-8-16/h1-3,10-11,16-17H,4-9,12-15H2,(H,21,25)(H,22,24)/t17-/m1/s1. The molecule has 25 heavy (non-hydrogen) atoms. The minimum atomic E-state index is -0.130. The number of rotatable bonds is 5. The number of urea groups is 1. The molecule has 1 aromatic carbocycles. The number of para-hydroxylation sites is 1. The van der Waals surface area contributed by atoms with E-state index in [4.69, 9.17) is 0 Å². The Morgan fingerprint density at radius 2 is 1.80 bits per heavy atom. The molecule has 0 bridgehead atoms. The van der Waals surface area contributed by atoms with Gasteiger partial charge in [0.2, 0.25) is 5.91 Å². The maximum atomic E-state index is 12.5. The number of nitrogens with one attached hydrogen (secondary N) is 2. The molecule has 1 aromatic rings. The molecule has 3 amide bonds. The summed E-state index contributed by atoms with van der Waals surface area (Å²) in [5.41, 5.74) is 0.811. The second-order valence-electron chi connectivity index (χ2n) is 7.31. The zero-order valence-corrected chi connectivity index (χ0v) is 14.9. The molecule has 136 valence electrons. The van der Waals surface area contributed by atoms with Gasteiger partial charge in [-0.1, -0.05) is 43.9 Å². The van der Waals surface area contributed by atoms with E-state index in [1.54, 1.807) is 4.90 Å². The third-order valence-corrected chi connectivity index (χ3v) is 5.42. The van der Waals surface area contributed by atoms with Crippen LogP contribution in [0.15, 0.2) is 30.3 Å². The van der Waals surface area contributed by atoms with Crippen LogP contribution in [0.2, 0.25) is 0 Å². The minimum Gasteiger partial charge on any atom is -0.338 e. The Morgan fingerprint density at radius 3 is 2.56 bits per heavy atom. The number of likely N-dealkylation sites (tertiary alicyclic amines) is 1. The molecule has 2 N–H and O–H groups in total. The summed E-state index contributed by atoms with van der Waals surface area (Å²) in [5.74, 6) is 0.662. The van der Waals surface area contributed by atoms with Gasteiger partial charge in [0.15, 0.2) is 0 Å². The van der Waals surface area contributed by atoms with E-state index in [9.17, 15) is 9.59 Å². The number of piperidine rings is 1. The second-order valence-corrected chi connectivity index (χ2v) is 7.31. The van der Waals surface area contributed by atoms with Gasteiger partial charge < -0.3 is 15.5 Å². The normalized spacial score (nSPS) is 21.1. The quantitative estimate of drug-likeness (QED) is 0.857. The summed E-state index contributed by atoms with van der Waals surface area (Å²) in [5, 5.41) is 6.00. The van der Waals surface area contributed by atoms with Gasteiger partial charge in [0.1, 0.15) is 0 Å². The lowest BCUT2D eigenvalue weighted by Crippen LogP contribution is -2.48. The Labute approximate surface area is 150 Å². The van der Waals surface area contributed by atoms with Gasteiger partial charge >= 0.3 is 6.03 Å². The fraction of sp³-hybridized carbons (Fsp3) is 0.600. The Hall–Kier alpha value is -2.04. The summed E-state index contributed by atoms with van der Waals surface area (Å²) in [6, 6.07) is 9.48. The molecule has 2 fully saturated rings. The Kier molecular flexibility index (Phi) is 6.31. The fourth-order valence-corrected chi connectivity index (χ4v) is 3.94. The first-order chi connectivity index (χ1) is 12.2. The number of nitrogens with zero attached hydrogens (tertiary/aromatic N) is 1. The molecule has 1 aliphatic carbocycles. The van der Waals surface area contributed by atoms with Gasteiger partial charge in [-0.2, -0.15) is 0 Å². The maximum Gasteiger partial charge on any atom is 0.317 e. The molecule has 1 aliphatic heterocycles. The molecule has 1 heterocycles. The van der Waals surface area contributed by atoms with Crippen molar-refractivity contribution in [3.8, 4) is 0 Å². The SMILES string of the molecule is O=C(Nc1ccccc1)[C@@H]1CCCN(C(=O)NCCC2CCCC2)C1. The summed E-state index contributed by atoms with van der Waals surface area (Å²) in [4.78, 5) is 26.6. The molecule has 5 heteroatoms. The van der Waals surface area contributed by atoms with Crippen molar-refractivity contribution in [2.24, 2.45) is 11.8 Å². The highest BCUT2D eigenvalue weighted by Gasteiger charge is 2.28. The van der Waals surface area contributed by atoms with Crippen molar-refractivity contribution in [3.05, 3.63) is 30.3 Å². The van der Waals surface area contributed by atoms with Crippen LogP contribution in [-0.4, -0.2) is 36.5 Å². The highest BCUT2D eigenvalue weighted by molar-refractivity contribution is 5.93. The molecule has 0 unspecified atom stereocenters. The summed E-state index contributed by atoms with van der Waals surface area (Å²) in [6.45, 7) is 2.00. The lowest BCUT2D eigenvalue weighted by Gasteiger charge is -2.32. The van der Waals surface area contributed by atoms with Gasteiger partial charge in [-0.05, 0) is 37.3 Å². The highest BCUT2D eigenvalue weighted by atomic mass is 16.2. The maximum absolute atomic E-state index is 12.5. The summed E-state index contributed by atoms with van der Waals surface area (Å²) >= 11 is 0. The van der Waals surface area contributed by atoms with Crippen LogP contribution < -0.4 is 10.6 Å². The van der Waals surface area contributed by atoms with Gasteiger partial charge in [-0.25, -0.2) is 4.79 Å². The topological polar surface area (TPSA) is 61.4 Å². The van der Waals surface area contributed by atoms with Crippen molar-refractivity contribution in [2.45, 2.75) is 44.9 Å². The predicted octanol–water partition coefficient (Wildman–Crippen LogP) is 3.63. The first-order valence-corrected chi connectivity index (χ1v) is 9.61. The van der Waals surface area contributed by atoms with Gasteiger partial charge in [0.25, 0.3) is 0 Å². The molecule has 3 rings (SSSR count).